The fourth-order valence-corrected chi connectivity index (χ4v) is 3.40. The van der Waals surface area contributed by atoms with Gasteiger partial charge in [-0.2, -0.15) is 0 Å². The van der Waals surface area contributed by atoms with E-state index >= 15 is 0 Å². The highest BCUT2D eigenvalue weighted by molar-refractivity contribution is 7.89. The molecule has 1 aliphatic rings. The number of rotatable bonds is 6. The Morgan fingerprint density at radius 2 is 1.90 bits per heavy atom. The molecule has 1 aliphatic heterocycles. The maximum absolute atomic E-state index is 12.8. The molecule has 1 aromatic rings. The quantitative estimate of drug-likeness (QED) is 0.853. The first-order valence-corrected chi connectivity index (χ1v) is 8.51. The third-order valence-electron chi connectivity index (χ3n) is 3.42. The average Bonchev–Trinajstić information content (AvgIpc) is 2.47. The first-order chi connectivity index (χ1) is 9.97. The molecule has 1 fully saturated rings. The van der Waals surface area contributed by atoms with Gasteiger partial charge in [0, 0.05) is 26.2 Å². The van der Waals surface area contributed by atoms with E-state index in [1.54, 1.807) is 0 Å². The van der Waals surface area contributed by atoms with Crippen LogP contribution < -0.4 is 4.72 Å². The second kappa shape index (κ2) is 7.31. The fourth-order valence-electron chi connectivity index (χ4n) is 2.24. The van der Waals surface area contributed by atoms with Crippen LogP contribution in [0.5, 0.6) is 0 Å². The summed E-state index contributed by atoms with van der Waals surface area (Å²) in [6.07, 6.45) is 0. The Labute approximate surface area is 125 Å². The maximum Gasteiger partial charge on any atom is 0.240 e. The van der Waals surface area contributed by atoms with Crippen LogP contribution in [0, 0.1) is 11.7 Å². The molecule has 0 aliphatic carbocycles. The molecule has 0 bridgehead atoms. The van der Waals surface area contributed by atoms with E-state index in [1.807, 2.05) is 6.92 Å². The summed E-state index contributed by atoms with van der Waals surface area (Å²) in [6, 6.07) is 4.83. The number of sulfonamides is 1. The second-order valence-electron chi connectivity index (χ2n) is 5.32. The molecule has 0 spiro atoms. The molecule has 0 saturated carbocycles. The average molecular weight is 316 g/mol. The van der Waals surface area contributed by atoms with Crippen molar-refractivity contribution in [2.45, 2.75) is 11.8 Å². The van der Waals surface area contributed by atoms with Crippen LogP contribution in [0.3, 0.4) is 0 Å². The van der Waals surface area contributed by atoms with Gasteiger partial charge in [-0.25, -0.2) is 17.5 Å². The highest BCUT2D eigenvalue weighted by Gasteiger charge is 2.17. The van der Waals surface area contributed by atoms with Crippen molar-refractivity contribution in [1.82, 2.24) is 9.62 Å². The zero-order chi connectivity index (χ0) is 15.3. The molecular formula is C14H21FN2O3S. The molecule has 1 N–H and O–H groups in total. The SMILES string of the molecule is CC(CNS(=O)(=O)c1ccc(F)cc1)CN1CCOCC1. The Morgan fingerprint density at radius 1 is 1.29 bits per heavy atom. The Balaban J connectivity index is 1.84. The van der Waals surface area contributed by atoms with Crippen molar-refractivity contribution in [3.05, 3.63) is 30.1 Å². The first-order valence-electron chi connectivity index (χ1n) is 7.03. The van der Waals surface area contributed by atoms with Crippen LogP contribution in [0.1, 0.15) is 6.92 Å². The number of halogens is 1. The van der Waals surface area contributed by atoms with E-state index in [4.69, 9.17) is 4.74 Å². The van der Waals surface area contributed by atoms with Crippen LogP contribution >= 0.6 is 0 Å². The number of nitrogens with zero attached hydrogens (tertiary/aromatic N) is 1. The van der Waals surface area contributed by atoms with Crippen LogP contribution in [0.25, 0.3) is 0 Å². The van der Waals surface area contributed by atoms with Gasteiger partial charge in [0.2, 0.25) is 10.0 Å². The molecule has 7 heteroatoms. The van der Waals surface area contributed by atoms with Gasteiger partial charge in [-0.1, -0.05) is 6.92 Å². The van der Waals surface area contributed by atoms with Gasteiger partial charge in [0.1, 0.15) is 5.82 Å². The number of nitrogens with one attached hydrogen (secondary N) is 1. The molecule has 1 saturated heterocycles. The van der Waals surface area contributed by atoms with Gasteiger partial charge in [-0.3, -0.25) is 4.90 Å². The summed E-state index contributed by atoms with van der Waals surface area (Å²) in [5.41, 5.74) is 0. The lowest BCUT2D eigenvalue weighted by atomic mass is 10.1. The maximum atomic E-state index is 12.8. The topological polar surface area (TPSA) is 58.6 Å². The Kier molecular flexibility index (Phi) is 5.69. The van der Waals surface area contributed by atoms with Gasteiger partial charge in [0.25, 0.3) is 0 Å². The molecule has 5 nitrogen and oxygen atoms in total. The van der Waals surface area contributed by atoms with E-state index in [-0.39, 0.29) is 10.8 Å². The van der Waals surface area contributed by atoms with Gasteiger partial charge >= 0.3 is 0 Å². The highest BCUT2D eigenvalue weighted by Crippen LogP contribution is 2.10. The van der Waals surface area contributed by atoms with Crippen LogP contribution in [0.4, 0.5) is 4.39 Å². The molecule has 21 heavy (non-hydrogen) atoms. The molecule has 0 radical (unpaired) electrons. The van der Waals surface area contributed by atoms with Crippen LogP contribution in [0.2, 0.25) is 0 Å². The van der Waals surface area contributed by atoms with Crippen molar-refractivity contribution in [3.8, 4) is 0 Å². The number of morpholine rings is 1. The van der Waals surface area contributed by atoms with Crippen molar-refractivity contribution in [1.29, 1.82) is 0 Å². The fraction of sp³-hybridized carbons (Fsp3) is 0.571. The van der Waals surface area contributed by atoms with E-state index < -0.39 is 15.8 Å². The van der Waals surface area contributed by atoms with Gasteiger partial charge in [0.15, 0.2) is 0 Å². The van der Waals surface area contributed by atoms with Crippen molar-refractivity contribution < 1.29 is 17.5 Å². The Hall–Kier alpha value is -1.02. The summed E-state index contributed by atoms with van der Waals surface area (Å²) in [6.45, 7) is 6.42. The summed E-state index contributed by atoms with van der Waals surface area (Å²) in [7, 11) is -3.57. The summed E-state index contributed by atoms with van der Waals surface area (Å²) < 4.78 is 44.8. The molecule has 1 aromatic carbocycles. The smallest absolute Gasteiger partial charge is 0.240 e. The lowest BCUT2D eigenvalue weighted by Crippen LogP contribution is -2.41. The number of hydrogen-bond donors (Lipinski definition) is 1. The molecule has 2 rings (SSSR count). The zero-order valence-corrected chi connectivity index (χ0v) is 12.9. The van der Waals surface area contributed by atoms with E-state index in [1.165, 1.54) is 12.1 Å². The minimum atomic E-state index is -3.57. The molecule has 1 heterocycles. The monoisotopic (exact) mass is 316 g/mol. The van der Waals surface area contributed by atoms with E-state index in [9.17, 15) is 12.8 Å². The molecule has 118 valence electrons. The normalized spacial score (nSPS) is 18.6. The number of hydrogen-bond acceptors (Lipinski definition) is 4. The number of ether oxygens (including phenoxy) is 1. The summed E-state index contributed by atoms with van der Waals surface area (Å²) in [4.78, 5) is 2.35. The molecule has 0 amide bonds. The second-order valence-corrected chi connectivity index (χ2v) is 7.09. The van der Waals surface area contributed by atoms with Gasteiger partial charge in [0.05, 0.1) is 18.1 Å². The molecule has 0 aromatic heterocycles. The zero-order valence-electron chi connectivity index (χ0n) is 12.1. The highest BCUT2D eigenvalue weighted by atomic mass is 32.2. The van der Waals surface area contributed by atoms with Gasteiger partial charge < -0.3 is 4.74 Å². The van der Waals surface area contributed by atoms with Crippen LogP contribution in [-0.4, -0.2) is 52.7 Å². The van der Waals surface area contributed by atoms with Crippen molar-refractivity contribution in [2.75, 3.05) is 39.4 Å². The summed E-state index contributed by atoms with van der Waals surface area (Å²) in [5.74, 6) is -0.257. The summed E-state index contributed by atoms with van der Waals surface area (Å²) in [5, 5.41) is 0. The van der Waals surface area contributed by atoms with Crippen LogP contribution in [0.15, 0.2) is 29.2 Å². The van der Waals surface area contributed by atoms with Crippen molar-refractivity contribution in [2.24, 2.45) is 5.92 Å². The largest absolute Gasteiger partial charge is 0.379 e. The van der Waals surface area contributed by atoms with E-state index in [0.29, 0.717) is 6.54 Å². The number of benzene rings is 1. The minimum Gasteiger partial charge on any atom is -0.379 e. The van der Waals surface area contributed by atoms with Gasteiger partial charge in [-0.05, 0) is 30.2 Å². The molecule has 1 unspecified atom stereocenters. The first kappa shape index (κ1) is 16.4. The molecular weight excluding hydrogens is 295 g/mol. The predicted octanol–water partition coefficient (Wildman–Crippen LogP) is 1.07. The third kappa shape index (κ3) is 5.03. The van der Waals surface area contributed by atoms with E-state index in [2.05, 4.69) is 9.62 Å². The van der Waals surface area contributed by atoms with Gasteiger partial charge in [-0.15, -0.1) is 0 Å². The molecule has 1 atom stereocenters. The minimum absolute atomic E-state index is 0.0856. The lowest BCUT2D eigenvalue weighted by molar-refractivity contribution is 0.0321. The van der Waals surface area contributed by atoms with Crippen molar-refractivity contribution in [3.63, 3.8) is 0 Å². The third-order valence-corrected chi connectivity index (χ3v) is 4.86. The van der Waals surface area contributed by atoms with Crippen molar-refractivity contribution >= 4 is 10.0 Å². The predicted molar refractivity (Wildman–Crippen MR) is 78.0 cm³/mol. The standard InChI is InChI=1S/C14H21FN2O3S/c1-12(11-17-6-8-20-9-7-17)10-16-21(18,19)14-4-2-13(15)3-5-14/h2-5,12,16H,6-11H2,1H3. The van der Waals surface area contributed by atoms with E-state index in [0.717, 1.165) is 45.0 Å². The van der Waals surface area contributed by atoms with Crippen LogP contribution in [-0.2, 0) is 14.8 Å². The summed E-state index contributed by atoms with van der Waals surface area (Å²) >= 11 is 0. The Morgan fingerprint density at radius 3 is 2.52 bits per heavy atom. The Bertz CT molecular complexity index is 542. The lowest BCUT2D eigenvalue weighted by Gasteiger charge is -2.29.